The van der Waals surface area contributed by atoms with Gasteiger partial charge in [-0.25, -0.2) is 0 Å². The van der Waals surface area contributed by atoms with Crippen molar-refractivity contribution in [1.82, 2.24) is 5.32 Å². The molecular weight excluding hydrogens is 126 g/mol. The number of carbonyl (C=O) groups is 1. The summed E-state index contributed by atoms with van der Waals surface area (Å²) in [7, 11) is 0. The lowest BCUT2D eigenvalue weighted by Gasteiger charge is -1.93. The Hall–Kier alpha value is -1.05. The summed E-state index contributed by atoms with van der Waals surface area (Å²) in [6.07, 6.45) is 7.01. The topological polar surface area (TPSA) is 29.1 Å². The van der Waals surface area contributed by atoms with Crippen molar-refractivity contribution in [3.63, 3.8) is 0 Å². The first kappa shape index (κ1) is 8.95. The fourth-order valence-electron chi connectivity index (χ4n) is 0.488. The zero-order valence-electron chi connectivity index (χ0n) is 6.42. The van der Waals surface area contributed by atoms with Gasteiger partial charge < -0.3 is 5.32 Å². The third kappa shape index (κ3) is 5.09. The van der Waals surface area contributed by atoms with Crippen LogP contribution >= 0.6 is 0 Å². The van der Waals surface area contributed by atoms with Crippen molar-refractivity contribution in [2.45, 2.75) is 13.8 Å². The molecule has 0 aromatic heterocycles. The highest BCUT2D eigenvalue weighted by molar-refractivity contribution is 5.87. The lowest BCUT2D eigenvalue weighted by molar-refractivity contribution is -0.116. The van der Waals surface area contributed by atoms with Crippen molar-refractivity contribution in [2.24, 2.45) is 0 Å². The normalized spacial score (nSPS) is 11.0. The molecule has 0 unspecified atom stereocenters. The molecule has 1 amide bonds. The van der Waals surface area contributed by atoms with Crippen LogP contribution in [0.15, 0.2) is 24.3 Å². The highest BCUT2D eigenvalue weighted by atomic mass is 16.1. The van der Waals surface area contributed by atoms with E-state index >= 15 is 0 Å². The zero-order chi connectivity index (χ0) is 7.82. The van der Waals surface area contributed by atoms with Crippen LogP contribution in [-0.2, 0) is 4.79 Å². The average Bonchev–Trinajstić information content (AvgIpc) is 1.89. The molecule has 0 fully saturated rings. The van der Waals surface area contributed by atoms with Gasteiger partial charge in [0.05, 0.1) is 0 Å². The van der Waals surface area contributed by atoms with E-state index in [1.54, 1.807) is 6.08 Å². The minimum Gasteiger partial charge on any atom is -0.349 e. The molecule has 0 aliphatic carbocycles. The number of allylic oxidation sites excluding steroid dienone is 2. The lowest BCUT2D eigenvalue weighted by Crippen LogP contribution is -2.20. The Bertz CT molecular complexity index is 147. The number of nitrogens with one attached hydrogen (secondary N) is 1. The summed E-state index contributed by atoms with van der Waals surface area (Å²) in [4.78, 5) is 10.7. The third-order valence-electron chi connectivity index (χ3n) is 0.948. The summed E-state index contributed by atoms with van der Waals surface area (Å²) in [6, 6.07) is 0. The van der Waals surface area contributed by atoms with E-state index in [1.807, 2.05) is 26.0 Å². The van der Waals surface area contributed by atoms with Crippen LogP contribution in [0.25, 0.3) is 0 Å². The van der Waals surface area contributed by atoms with E-state index in [9.17, 15) is 4.79 Å². The van der Waals surface area contributed by atoms with Gasteiger partial charge in [-0.3, -0.25) is 4.79 Å². The Balaban J connectivity index is 3.40. The van der Waals surface area contributed by atoms with Gasteiger partial charge in [-0.05, 0) is 19.9 Å². The van der Waals surface area contributed by atoms with Crippen LogP contribution < -0.4 is 5.32 Å². The first-order valence-electron chi connectivity index (χ1n) is 3.33. The van der Waals surface area contributed by atoms with Crippen LogP contribution in [0.2, 0.25) is 0 Å². The van der Waals surface area contributed by atoms with E-state index in [-0.39, 0.29) is 5.91 Å². The highest BCUT2D eigenvalue weighted by Gasteiger charge is 1.87. The maximum absolute atomic E-state index is 10.7. The largest absolute Gasteiger partial charge is 0.349 e. The van der Waals surface area contributed by atoms with Crippen molar-refractivity contribution < 1.29 is 4.79 Å². The molecule has 10 heavy (non-hydrogen) atoms. The Labute approximate surface area is 61.6 Å². The first-order valence-corrected chi connectivity index (χ1v) is 3.33. The van der Waals surface area contributed by atoms with Crippen LogP contribution in [-0.4, -0.2) is 12.5 Å². The molecule has 0 radical (unpaired) electrons. The Morgan fingerprint density at radius 2 is 2.10 bits per heavy atom. The number of hydrogen-bond donors (Lipinski definition) is 1. The summed E-state index contributed by atoms with van der Waals surface area (Å²) >= 11 is 0. The average molecular weight is 139 g/mol. The molecule has 0 aliphatic heterocycles. The number of rotatable bonds is 3. The van der Waals surface area contributed by atoms with Gasteiger partial charge in [0.25, 0.3) is 0 Å². The predicted octanol–water partition coefficient (Wildman–Crippen LogP) is 1.25. The fraction of sp³-hybridized carbons (Fsp3) is 0.375. The molecule has 2 nitrogen and oxygen atoms in total. The molecule has 0 saturated heterocycles. The highest BCUT2D eigenvalue weighted by Crippen LogP contribution is 1.72. The van der Waals surface area contributed by atoms with Crippen LogP contribution in [0.3, 0.4) is 0 Å². The van der Waals surface area contributed by atoms with Crippen molar-refractivity contribution in [2.75, 3.05) is 6.54 Å². The maximum atomic E-state index is 10.7. The smallest absolute Gasteiger partial charge is 0.243 e. The zero-order valence-corrected chi connectivity index (χ0v) is 6.42. The Kier molecular flexibility index (Phi) is 5.44. The molecule has 0 heterocycles. The summed E-state index contributed by atoms with van der Waals surface area (Å²) in [6.45, 7) is 4.34. The lowest BCUT2D eigenvalue weighted by atomic mass is 10.4. The summed E-state index contributed by atoms with van der Waals surface area (Å²) in [5.41, 5.74) is 0. The van der Waals surface area contributed by atoms with Crippen LogP contribution in [0.5, 0.6) is 0 Å². The number of hydrogen-bond acceptors (Lipinski definition) is 1. The molecule has 0 bridgehead atoms. The first-order chi connectivity index (χ1) is 4.81. The summed E-state index contributed by atoms with van der Waals surface area (Å²) in [5.74, 6) is -0.0411. The van der Waals surface area contributed by atoms with Gasteiger partial charge in [0.1, 0.15) is 0 Å². The van der Waals surface area contributed by atoms with Crippen LogP contribution in [0.4, 0.5) is 0 Å². The minimum absolute atomic E-state index is 0.0411. The Morgan fingerprint density at radius 3 is 2.60 bits per heavy atom. The number of amides is 1. The van der Waals surface area contributed by atoms with Crippen molar-refractivity contribution in [1.29, 1.82) is 0 Å². The third-order valence-corrected chi connectivity index (χ3v) is 0.948. The molecule has 0 spiro atoms. The minimum atomic E-state index is -0.0411. The molecular formula is C8H13NO. The second-order valence-corrected chi connectivity index (χ2v) is 1.81. The fourth-order valence-corrected chi connectivity index (χ4v) is 0.488. The van der Waals surface area contributed by atoms with E-state index in [1.165, 1.54) is 6.08 Å². The Morgan fingerprint density at radius 1 is 1.40 bits per heavy atom. The van der Waals surface area contributed by atoms with Gasteiger partial charge in [0.15, 0.2) is 0 Å². The molecule has 0 rings (SSSR count). The quantitative estimate of drug-likeness (QED) is 0.463. The van der Waals surface area contributed by atoms with E-state index in [0.717, 1.165) is 0 Å². The van der Waals surface area contributed by atoms with Gasteiger partial charge in [-0.15, -0.1) is 0 Å². The van der Waals surface area contributed by atoms with Crippen molar-refractivity contribution >= 4 is 5.91 Å². The van der Waals surface area contributed by atoms with Gasteiger partial charge in [-0.1, -0.05) is 18.2 Å². The van der Waals surface area contributed by atoms with Crippen molar-refractivity contribution in [3.05, 3.63) is 24.3 Å². The number of carbonyl (C=O) groups excluding carboxylic acids is 1. The van der Waals surface area contributed by atoms with Crippen molar-refractivity contribution in [3.8, 4) is 0 Å². The van der Waals surface area contributed by atoms with E-state index in [4.69, 9.17) is 0 Å². The van der Waals surface area contributed by atoms with Crippen LogP contribution in [0, 0.1) is 0 Å². The van der Waals surface area contributed by atoms with Crippen LogP contribution in [0.1, 0.15) is 13.8 Å². The standard InChI is InChI=1S/C8H13NO/c1-3-5-7-9-8(10)6-4-2/h3-6H,7H2,1-2H3,(H,9,10). The molecule has 0 aliphatic rings. The molecule has 0 aromatic rings. The van der Waals surface area contributed by atoms with Gasteiger partial charge in [0, 0.05) is 6.54 Å². The van der Waals surface area contributed by atoms with Gasteiger partial charge in [0.2, 0.25) is 5.91 Å². The molecule has 56 valence electrons. The molecule has 0 saturated carbocycles. The maximum Gasteiger partial charge on any atom is 0.243 e. The monoisotopic (exact) mass is 139 g/mol. The second kappa shape index (κ2) is 6.08. The van der Waals surface area contributed by atoms with E-state index in [2.05, 4.69) is 5.32 Å². The predicted molar refractivity (Wildman–Crippen MR) is 42.6 cm³/mol. The molecule has 0 atom stereocenters. The second-order valence-electron chi connectivity index (χ2n) is 1.81. The summed E-state index contributed by atoms with van der Waals surface area (Å²) < 4.78 is 0. The van der Waals surface area contributed by atoms with E-state index in [0.29, 0.717) is 6.54 Å². The SMILES string of the molecule is CC=CCNC(=O)C=CC. The van der Waals surface area contributed by atoms with Gasteiger partial charge in [-0.2, -0.15) is 0 Å². The molecule has 2 heteroatoms. The van der Waals surface area contributed by atoms with Gasteiger partial charge >= 0.3 is 0 Å². The molecule has 1 N–H and O–H groups in total. The summed E-state index contributed by atoms with van der Waals surface area (Å²) in [5, 5.41) is 2.67. The van der Waals surface area contributed by atoms with E-state index < -0.39 is 0 Å². The molecule has 0 aromatic carbocycles.